The normalized spacial score (nSPS) is 11.1. The van der Waals surface area contributed by atoms with Crippen LogP contribution in [0.25, 0.3) is 0 Å². The highest BCUT2D eigenvalue weighted by Crippen LogP contribution is 2.13. The molecule has 0 atom stereocenters. The molecular formula is C11H15NO2S. The number of nitrogens with one attached hydrogen (secondary N) is 1. The van der Waals surface area contributed by atoms with Crippen molar-refractivity contribution in [2.24, 2.45) is 0 Å². The summed E-state index contributed by atoms with van der Waals surface area (Å²) in [5, 5.41) is 3.13. The fourth-order valence-electron chi connectivity index (χ4n) is 1.07. The SMILES string of the molecule is C=C(C)CNc1ccc(S(C)(=O)=O)cc1. The number of rotatable bonds is 4. The van der Waals surface area contributed by atoms with Crippen LogP contribution < -0.4 is 5.32 Å². The summed E-state index contributed by atoms with van der Waals surface area (Å²) in [5.41, 5.74) is 1.92. The van der Waals surface area contributed by atoms with E-state index in [0.717, 1.165) is 11.3 Å². The molecule has 0 aliphatic rings. The lowest BCUT2D eigenvalue weighted by atomic mass is 10.3. The van der Waals surface area contributed by atoms with Crippen LogP contribution >= 0.6 is 0 Å². The van der Waals surface area contributed by atoms with Gasteiger partial charge in [0.05, 0.1) is 4.90 Å². The highest BCUT2D eigenvalue weighted by molar-refractivity contribution is 7.90. The topological polar surface area (TPSA) is 46.2 Å². The van der Waals surface area contributed by atoms with E-state index < -0.39 is 9.84 Å². The molecule has 15 heavy (non-hydrogen) atoms. The van der Waals surface area contributed by atoms with Crippen LogP contribution in [0.15, 0.2) is 41.3 Å². The maximum atomic E-state index is 11.2. The van der Waals surface area contributed by atoms with E-state index in [-0.39, 0.29) is 0 Å². The molecule has 0 aliphatic heterocycles. The zero-order chi connectivity index (χ0) is 11.5. The number of hydrogen-bond acceptors (Lipinski definition) is 3. The summed E-state index contributed by atoms with van der Waals surface area (Å²) in [4.78, 5) is 0.336. The van der Waals surface area contributed by atoms with Crippen molar-refractivity contribution in [3.05, 3.63) is 36.4 Å². The van der Waals surface area contributed by atoms with Gasteiger partial charge in [0, 0.05) is 18.5 Å². The summed E-state index contributed by atoms with van der Waals surface area (Å²) < 4.78 is 22.4. The van der Waals surface area contributed by atoms with Crippen molar-refractivity contribution < 1.29 is 8.42 Å². The third-order valence-electron chi connectivity index (χ3n) is 1.88. The zero-order valence-corrected chi connectivity index (χ0v) is 9.76. The van der Waals surface area contributed by atoms with Gasteiger partial charge in [-0.05, 0) is 31.2 Å². The molecule has 0 aliphatic carbocycles. The van der Waals surface area contributed by atoms with Crippen LogP contribution in [0.2, 0.25) is 0 Å². The fraction of sp³-hybridized carbons (Fsp3) is 0.273. The van der Waals surface area contributed by atoms with Crippen molar-refractivity contribution in [1.82, 2.24) is 0 Å². The smallest absolute Gasteiger partial charge is 0.175 e. The molecule has 1 aromatic carbocycles. The standard InChI is InChI=1S/C11H15NO2S/c1-9(2)8-12-10-4-6-11(7-5-10)15(3,13)14/h4-7,12H,1,8H2,2-3H3. The first-order valence-corrected chi connectivity index (χ1v) is 6.47. The van der Waals surface area contributed by atoms with Gasteiger partial charge in [0.15, 0.2) is 9.84 Å². The van der Waals surface area contributed by atoms with Crippen molar-refractivity contribution in [3.8, 4) is 0 Å². The Labute approximate surface area is 90.7 Å². The van der Waals surface area contributed by atoms with Gasteiger partial charge in [-0.2, -0.15) is 0 Å². The van der Waals surface area contributed by atoms with Crippen LogP contribution in [0.1, 0.15) is 6.92 Å². The molecule has 1 aromatic rings. The predicted octanol–water partition coefficient (Wildman–Crippen LogP) is 2.08. The van der Waals surface area contributed by atoms with E-state index in [4.69, 9.17) is 0 Å². The number of anilines is 1. The van der Waals surface area contributed by atoms with Gasteiger partial charge < -0.3 is 5.32 Å². The molecule has 0 spiro atoms. The Morgan fingerprint density at radius 3 is 2.27 bits per heavy atom. The molecule has 82 valence electrons. The van der Waals surface area contributed by atoms with Gasteiger partial charge in [-0.15, -0.1) is 0 Å². The first kappa shape index (κ1) is 11.8. The summed E-state index contributed by atoms with van der Waals surface area (Å²) in [6, 6.07) is 6.69. The van der Waals surface area contributed by atoms with Crippen LogP contribution in [0.5, 0.6) is 0 Å². The Morgan fingerprint density at radius 1 is 1.33 bits per heavy atom. The quantitative estimate of drug-likeness (QED) is 0.798. The fourth-order valence-corrected chi connectivity index (χ4v) is 1.70. The third kappa shape index (κ3) is 3.75. The van der Waals surface area contributed by atoms with Crippen molar-refractivity contribution in [1.29, 1.82) is 0 Å². The minimum Gasteiger partial charge on any atom is -0.381 e. The first-order chi connectivity index (χ1) is 6.89. The van der Waals surface area contributed by atoms with Crippen LogP contribution in [0.3, 0.4) is 0 Å². The highest BCUT2D eigenvalue weighted by Gasteiger charge is 2.05. The summed E-state index contributed by atoms with van der Waals surface area (Å²) in [5.74, 6) is 0. The summed E-state index contributed by atoms with van der Waals surface area (Å²) in [6.07, 6.45) is 1.20. The molecule has 0 bridgehead atoms. The number of sulfone groups is 1. The van der Waals surface area contributed by atoms with Gasteiger partial charge >= 0.3 is 0 Å². The maximum absolute atomic E-state index is 11.2. The second-order valence-corrected chi connectivity index (χ2v) is 5.62. The lowest BCUT2D eigenvalue weighted by Gasteiger charge is -2.06. The average Bonchev–Trinajstić information content (AvgIpc) is 2.14. The van der Waals surface area contributed by atoms with Gasteiger partial charge in [-0.25, -0.2) is 8.42 Å². The molecule has 3 nitrogen and oxygen atoms in total. The predicted molar refractivity (Wildman–Crippen MR) is 62.9 cm³/mol. The Kier molecular flexibility index (Phi) is 3.52. The van der Waals surface area contributed by atoms with Crippen molar-refractivity contribution in [3.63, 3.8) is 0 Å². The monoisotopic (exact) mass is 225 g/mol. The van der Waals surface area contributed by atoms with Crippen LogP contribution in [0, 0.1) is 0 Å². The molecule has 0 saturated carbocycles. The van der Waals surface area contributed by atoms with E-state index in [1.165, 1.54) is 6.26 Å². The number of benzene rings is 1. The molecule has 1 rings (SSSR count). The molecule has 1 N–H and O–H groups in total. The largest absolute Gasteiger partial charge is 0.381 e. The molecule has 0 aromatic heterocycles. The van der Waals surface area contributed by atoms with Crippen molar-refractivity contribution in [2.75, 3.05) is 18.1 Å². The van der Waals surface area contributed by atoms with Crippen LogP contribution in [-0.2, 0) is 9.84 Å². The molecule has 0 heterocycles. The van der Waals surface area contributed by atoms with Gasteiger partial charge in [-0.3, -0.25) is 0 Å². The molecule has 0 saturated heterocycles. The Bertz CT molecular complexity index is 446. The summed E-state index contributed by atoms with van der Waals surface area (Å²) in [6.45, 7) is 6.39. The van der Waals surface area contributed by atoms with Crippen molar-refractivity contribution >= 4 is 15.5 Å². The average molecular weight is 225 g/mol. The van der Waals surface area contributed by atoms with E-state index >= 15 is 0 Å². The molecular weight excluding hydrogens is 210 g/mol. The van der Waals surface area contributed by atoms with Crippen LogP contribution in [0.4, 0.5) is 5.69 Å². The summed E-state index contributed by atoms with van der Waals surface area (Å²) >= 11 is 0. The Morgan fingerprint density at radius 2 is 1.87 bits per heavy atom. The molecule has 4 heteroatoms. The highest BCUT2D eigenvalue weighted by atomic mass is 32.2. The van der Waals surface area contributed by atoms with E-state index in [2.05, 4.69) is 11.9 Å². The third-order valence-corrected chi connectivity index (χ3v) is 3.01. The lowest BCUT2D eigenvalue weighted by molar-refractivity contribution is 0.602. The molecule has 0 amide bonds. The van der Waals surface area contributed by atoms with Gasteiger partial charge in [-0.1, -0.05) is 12.2 Å². The first-order valence-electron chi connectivity index (χ1n) is 4.58. The Balaban J connectivity index is 2.77. The van der Waals surface area contributed by atoms with Crippen molar-refractivity contribution in [2.45, 2.75) is 11.8 Å². The van der Waals surface area contributed by atoms with E-state index in [0.29, 0.717) is 11.4 Å². The van der Waals surface area contributed by atoms with E-state index in [1.807, 2.05) is 6.92 Å². The summed E-state index contributed by atoms with van der Waals surface area (Å²) in [7, 11) is -3.10. The lowest BCUT2D eigenvalue weighted by Crippen LogP contribution is -2.02. The van der Waals surface area contributed by atoms with E-state index in [9.17, 15) is 8.42 Å². The minimum atomic E-state index is -3.10. The van der Waals surface area contributed by atoms with Gasteiger partial charge in [0.25, 0.3) is 0 Å². The molecule has 0 fully saturated rings. The second kappa shape index (κ2) is 4.49. The minimum absolute atomic E-state index is 0.336. The molecule has 0 unspecified atom stereocenters. The molecule has 0 radical (unpaired) electrons. The Hall–Kier alpha value is -1.29. The van der Waals surface area contributed by atoms with Gasteiger partial charge in [0.2, 0.25) is 0 Å². The second-order valence-electron chi connectivity index (χ2n) is 3.61. The number of hydrogen-bond donors (Lipinski definition) is 1. The maximum Gasteiger partial charge on any atom is 0.175 e. The van der Waals surface area contributed by atoms with E-state index in [1.54, 1.807) is 24.3 Å². The van der Waals surface area contributed by atoms with Crippen LogP contribution in [-0.4, -0.2) is 21.2 Å². The van der Waals surface area contributed by atoms with Gasteiger partial charge in [0.1, 0.15) is 0 Å². The zero-order valence-electron chi connectivity index (χ0n) is 8.95.